The van der Waals surface area contributed by atoms with Crippen molar-refractivity contribution in [3.8, 4) is 0 Å². The van der Waals surface area contributed by atoms with Crippen molar-refractivity contribution in [1.29, 1.82) is 0 Å². The van der Waals surface area contributed by atoms with Gasteiger partial charge in [0.2, 0.25) is 0 Å². The van der Waals surface area contributed by atoms with E-state index in [9.17, 15) is 22.8 Å². The van der Waals surface area contributed by atoms with E-state index in [1.807, 2.05) is 4.90 Å². The van der Waals surface area contributed by atoms with Crippen molar-refractivity contribution in [2.24, 2.45) is 0 Å². The summed E-state index contributed by atoms with van der Waals surface area (Å²) in [5, 5.41) is 3.80. The molecule has 1 N–H and O–H groups in total. The summed E-state index contributed by atoms with van der Waals surface area (Å²) in [4.78, 5) is 37.1. The lowest BCUT2D eigenvalue weighted by atomic mass is 9.95. The highest BCUT2D eigenvalue weighted by atomic mass is 35.5. The van der Waals surface area contributed by atoms with E-state index in [-0.39, 0.29) is 18.2 Å². The van der Waals surface area contributed by atoms with Crippen LogP contribution in [0.25, 0.3) is 0 Å². The van der Waals surface area contributed by atoms with Crippen molar-refractivity contribution in [3.63, 3.8) is 0 Å². The number of nitrogens with zero attached hydrogens (tertiary/aromatic N) is 6. The first-order valence-corrected chi connectivity index (χ1v) is 10.5. The molecule has 3 rings (SSSR count). The van der Waals surface area contributed by atoms with Gasteiger partial charge in [-0.15, -0.1) is 12.4 Å². The van der Waals surface area contributed by atoms with Gasteiger partial charge in [0.15, 0.2) is 0 Å². The van der Waals surface area contributed by atoms with Crippen LogP contribution in [0.4, 0.5) is 19.0 Å². The maximum atomic E-state index is 13.3. The molecule has 0 spiro atoms. The van der Waals surface area contributed by atoms with E-state index < -0.39 is 28.5 Å². The minimum atomic E-state index is -4.53. The number of aromatic nitrogens is 5. The predicted octanol–water partition coefficient (Wildman–Crippen LogP) is 2.06. The van der Waals surface area contributed by atoms with Gasteiger partial charge in [0, 0.05) is 44.2 Å². The lowest BCUT2D eigenvalue weighted by Crippen LogP contribution is -2.47. The summed E-state index contributed by atoms with van der Waals surface area (Å²) in [7, 11) is 0. The van der Waals surface area contributed by atoms with E-state index in [0.29, 0.717) is 38.5 Å². The van der Waals surface area contributed by atoms with Crippen molar-refractivity contribution < 1.29 is 13.2 Å². The number of aromatic amines is 1. The highest BCUT2D eigenvalue weighted by Gasteiger charge is 2.35. The smallest absolute Gasteiger partial charge is 0.354 e. The molecule has 1 saturated heterocycles. The van der Waals surface area contributed by atoms with Crippen LogP contribution in [0.3, 0.4) is 0 Å². The Labute approximate surface area is 195 Å². The third kappa shape index (κ3) is 7.26. The Morgan fingerprint density at radius 3 is 2.21 bits per heavy atom. The van der Waals surface area contributed by atoms with Crippen molar-refractivity contribution in [2.75, 3.05) is 37.6 Å². The predicted molar refractivity (Wildman–Crippen MR) is 120 cm³/mol. The Kier molecular flexibility index (Phi) is 8.63. The van der Waals surface area contributed by atoms with Crippen molar-refractivity contribution in [1.82, 2.24) is 29.6 Å². The number of unbranched alkanes of at least 4 members (excludes halogenated alkanes) is 1. The maximum absolute atomic E-state index is 13.3. The Morgan fingerprint density at radius 2 is 1.64 bits per heavy atom. The highest BCUT2D eigenvalue weighted by molar-refractivity contribution is 5.85. The number of hydrogen-bond donors (Lipinski definition) is 1. The zero-order valence-electron chi connectivity index (χ0n) is 18.9. The fourth-order valence-corrected chi connectivity index (χ4v) is 3.41. The second kappa shape index (κ2) is 10.6. The van der Waals surface area contributed by atoms with Gasteiger partial charge in [0.05, 0.1) is 0 Å². The molecule has 0 radical (unpaired) electrons. The molecule has 0 bridgehead atoms. The average molecular weight is 492 g/mol. The molecule has 33 heavy (non-hydrogen) atoms. The van der Waals surface area contributed by atoms with Gasteiger partial charge in [0.25, 0.3) is 5.56 Å². The highest BCUT2D eigenvalue weighted by Crippen LogP contribution is 2.32. The third-order valence-corrected chi connectivity index (χ3v) is 5.24. The second-order valence-corrected chi connectivity index (χ2v) is 8.88. The van der Waals surface area contributed by atoms with Gasteiger partial charge < -0.3 is 4.90 Å². The zero-order chi connectivity index (χ0) is 23.5. The molecule has 184 valence electrons. The molecule has 1 aliphatic rings. The van der Waals surface area contributed by atoms with E-state index in [1.54, 1.807) is 20.8 Å². The molecule has 0 atom stereocenters. The molecule has 1 fully saturated rings. The molecule has 13 heteroatoms. The summed E-state index contributed by atoms with van der Waals surface area (Å²) < 4.78 is 41.3. The first kappa shape index (κ1) is 26.8. The lowest BCUT2D eigenvalue weighted by molar-refractivity contribution is -0.141. The van der Waals surface area contributed by atoms with Gasteiger partial charge in [0.1, 0.15) is 23.5 Å². The number of piperazine rings is 1. The fraction of sp³-hybridized carbons (Fsp3) is 0.650. The number of rotatable bonds is 6. The number of hydrogen-bond acceptors (Lipinski definition) is 7. The van der Waals surface area contributed by atoms with Crippen LogP contribution >= 0.6 is 12.4 Å². The van der Waals surface area contributed by atoms with Crippen LogP contribution < -0.4 is 16.1 Å². The fourth-order valence-electron chi connectivity index (χ4n) is 3.41. The van der Waals surface area contributed by atoms with Crippen LogP contribution in [0.15, 0.2) is 21.9 Å². The molecule has 0 unspecified atom stereocenters. The number of H-pyrrole nitrogens is 1. The van der Waals surface area contributed by atoms with Gasteiger partial charge in [-0.05, 0) is 19.4 Å². The van der Waals surface area contributed by atoms with E-state index in [1.165, 1.54) is 4.68 Å². The zero-order valence-corrected chi connectivity index (χ0v) is 19.7. The summed E-state index contributed by atoms with van der Waals surface area (Å²) >= 11 is 0. The molecule has 0 amide bonds. The largest absolute Gasteiger partial charge is 0.433 e. The van der Waals surface area contributed by atoms with Crippen LogP contribution in [-0.4, -0.2) is 62.4 Å². The minimum Gasteiger partial charge on any atom is -0.354 e. The average Bonchev–Trinajstić information content (AvgIpc) is 2.71. The van der Waals surface area contributed by atoms with E-state index in [0.717, 1.165) is 31.6 Å². The quantitative estimate of drug-likeness (QED) is 0.617. The number of halogens is 4. The summed E-state index contributed by atoms with van der Waals surface area (Å²) in [5.41, 5.74) is -2.56. The minimum absolute atomic E-state index is 0. The molecule has 0 aliphatic carbocycles. The van der Waals surface area contributed by atoms with Crippen molar-refractivity contribution in [2.45, 2.75) is 51.7 Å². The number of anilines is 1. The standard InChI is InChI=1S/C20H28F3N7O2.ClH/c1-19(2,3)17-25-14(20(21,22)23)12-15(26-17)29-10-8-28(9-11-29)6-4-5-7-30-18(32)27-16(31)13-24-30;/h12-13H,4-11H2,1-3H3,(H,27,31,32);1H. The Bertz CT molecular complexity index is 1010. The Morgan fingerprint density at radius 1 is 1.00 bits per heavy atom. The molecular weight excluding hydrogens is 463 g/mol. The molecule has 0 aromatic carbocycles. The van der Waals surface area contributed by atoms with E-state index >= 15 is 0 Å². The maximum Gasteiger partial charge on any atom is 0.433 e. The molecule has 3 heterocycles. The van der Waals surface area contributed by atoms with Crippen LogP contribution in [-0.2, 0) is 18.1 Å². The molecule has 2 aromatic rings. The summed E-state index contributed by atoms with van der Waals surface area (Å²) in [6.45, 7) is 9.13. The number of alkyl halides is 3. The van der Waals surface area contributed by atoms with Gasteiger partial charge in [-0.2, -0.15) is 18.3 Å². The van der Waals surface area contributed by atoms with Crippen LogP contribution in [0, 0.1) is 0 Å². The van der Waals surface area contributed by atoms with Crippen LogP contribution in [0.2, 0.25) is 0 Å². The summed E-state index contributed by atoms with van der Waals surface area (Å²) in [6.07, 6.45) is -1.91. The van der Waals surface area contributed by atoms with Crippen molar-refractivity contribution in [3.05, 3.63) is 44.6 Å². The molecular formula is C20H29ClF3N7O2. The van der Waals surface area contributed by atoms with Gasteiger partial charge in [-0.25, -0.2) is 19.4 Å². The van der Waals surface area contributed by atoms with Gasteiger partial charge in [-0.3, -0.25) is 14.7 Å². The first-order valence-electron chi connectivity index (χ1n) is 10.5. The normalized spacial score (nSPS) is 15.4. The monoisotopic (exact) mass is 491 g/mol. The Hall–Kier alpha value is -2.47. The van der Waals surface area contributed by atoms with E-state index in [4.69, 9.17) is 0 Å². The van der Waals surface area contributed by atoms with Crippen LogP contribution in [0.1, 0.15) is 45.1 Å². The molecule has 0 saturated carbocycles. The molecule has 2 aromatic heterocycles. The third-order valence-electron chi connectivity index (χ3n) is 5.24. The molecule has 9 nitrogen and oxygen atoms in total. The topological polar surface area (TPSA) is 100 Å². The SMILES string of the molecule is CC(C)(C)c1nc(N2CCN(CCCCn3ncc(=O)[nH]c3=O)CC2)cc(C(F)(F)F)n1.Cl. The van der Waals surface area contributed by atoms with Crippen molar-refractivity contribution >= 4 is 18.2 Å². The van der Waals surface area contributed by atoms with Gasteiger partial charge >= 0.3 is 11.9 Å². The van der Waals surface area contributed by atoms with Gasteiger partial charge in [-0.1, -0.05) is 20.8 Å². The first-order chi connectivity index (χ1) is 14.9. The number of aryl methyl sites for hydroxylation is 1. The molecule has 1 aliphatic heterocycles. The lowest BCUT2D eigenvalue weighted by Gasteiger charge is -2.36. The number of nitrogens with one attached hydrogen (secondary N) is 1. The van der Waals surface area contributed by atoms with E-state index in [2.05, 4.69) is 25.0 Å². The summed E-state index contributed by atoms with van der Waals surface area (Å²) in [6, 6.07) is 1.03. The summed E-state index contributed by atoms with van der Waals surface area (Å²) in [5.74, 6) is 0.483. The second-order valence-electron chi connectivity index (χ2n) is 8.88. The van der Waals surface area contributed by atoms with Crippen LogP contribution in [0.5, 0.6) is 0 Å². The Balaban J connectivity index is 0.00000385.